The number of guanidine groups is 2. The van der Waals surface area contributed by atoms with E-state index in [0.717, 1.165) is 6.92 Å². The third-order valence-electron chi connectivity index (χ3n) is 23.5. The van der Waals surface area contributed by atoms with E-state index in [0.29, 0.717) is 36.8 Å². The number of aliphatic hydroxyl groups excluding tert-OH is 4. The molecule has 0 aliphatic carbocycles. The van der Waals surface area contributed by atoms with E-state index in [9.17, 15) is 126 Å². The summed E-state index contributed by atoms with van der Waals surface area (Å²) >= 11 is 1.27. The first-order valence-corrected chi connectivity index (χ1v) is 50.8. The molecule has 3 rings (SSSR count). The van der Waals surface area contributed by atoms with Crippen molar-refractivity contribution in [3.05, 3.63) is 71.8 Å². The van der Waals surface area contributed by atoms with E-state index in [4.69, 9.17) is 51.0 Å². The first kappa shape index (κ1) is 130. The number of hydrogen-bond donors (Lipinski definition) is 34. The van der Waals surface area contributed by atoms with Gasteiger partial charge in [-0.3, -0.25) is 107 Å². The maximum absolute atomic E-state index is 14.6. The minimum atomic E-state index is -1.89. The number of nitrogens with zero attached hydrogens (tertiary/aromatic N) is 1. The van der Waals surface area contributed by atoms with Crippen molar-refractivity contribution < 1.29 is 126 Å². The topological polar surface area (TPSA) is 933 Å². The molecule has 57 heteroatoms. The molecule has 1 fully saturated rings. The number of amides is 20. The molecule has 2 aromatic rings. The van der Waals surface area contributed by atoms with Gasteiger partial charge < -0.3 is 177 Å². The van der Waals surface area contributed by atoms with Crippen LogP contribution in [-0.4, -0.2) is 366 Å². The molecule has 1 saturated heterocycles. The van der Waals surface area contributed by atoms with Crippen LogP contribution in [0.3, 0.4) is 0 Å². The van der Waals surface area contributed by atoms with Crippen LogP contribution in [0.5, 0.6) is 0 Å². The molecule has 18 atom stereocenters. The molecule has 838 valence electrons. The molecule has 1 aliphatic rings. The fourth-order valence-electron chi connectivity index (χ4n) is 15.0. The smallest absolute Gasteiger partial charge is 0.328 e. The second-order valence-corrected chi connectivity index (χ2v) is 37.1. The quantitative estimate of drug-likeness (QED) is 0.0166. The van der Waals surface area contributed by atoms with Crippen LogP contribution in [0.2, 0.25) is 0 Å². The number of carbonyl (C=O) groups is 21. The van der Waals surface area contributed by atoms with Gasteiger partial charge >= 0.3 is 5.97 Å². The van der Waals surface area contributed by atoms with E-state index in [1.807, 2.05) is 0 Å². The highest BCUT2D eigenvalue weighted by Gasteiger charge is 2.42. The Labute approximate surface area is 872 Å². The second-order valence-electron chi connectivity index (χ2n) is 36.1. The minimum absolute atomic E-state index is 0.0136. The molecule has 0 unspecified atom stereocenters. The van der Waals surface area contributed by atoms with Crippen molar-refractivity contribution in [1.29, 1.82) is 10.8 Å². The summed E-state index contributed by atoms with van der Waals surface area (Å²) in [5.74, 6) is -22.0. The fourth-order valence-corrected chi connectivity index (χ4v) is 15.5. The normalized spacial score (nSPS) is 15.5. The molecule has 1 aliphatic heterocycles. The molecule has 0 bridgehead atoms. The van der Waals surface area contributed by atoms with Gasteiger partial charge in [0, 0.05) is 38.9 Å². The van der Waals surface area contributed by atoms with Gasteiger partial charge in [0.25, 0.3) is 0 Å². The predicted octanol–water partition coefficient (Wildman–Crippen LogP) is -12.5. The van der Waals surface area contributed by atoms with Gasteiger partial charge in [-0.05, 0) is 179 Å². The summed E-state index contributed by atoms with van der Waals surface area (Å²) in [6.45, 7) is 1.99. The molecule has 2 aromatic carbocycles. The zero-order valence-corrected chi connectivity index (χ0v) is 86.1. The molecular weight excluding hydrogens is 1990 g/mol. The Balaban J connectivity index is 1.76. The Bertz CT molecular complexity index is 4790. The summed E-state index contributed by atoms with van der Waals surface area (Å²) in [5.41, 5.74) is 40.5. The van der Waals surface area contributed by atoms with E-state index >= 15 is 0 Å². The minimum Gasteiger partial charge on any atom is -0.480 e. The molecular formula is C93H154N30O26S. The lowest BCUT2D eigenvalue weighted by Gasteiger charge is -2.30. The van der Waals surface area contributed by atoms with Crippen molar-refractivity contribution >= 4 is 148 Å². The number of carboxylic acid groups (broad SMARTS) is 1. The third kappa shape index (κ3) is 49.3. The van der Waals surface area contributed by atoms with Crippen LogP contribution in [0, 0.1) is 16.7 Å². The molecule has 20 amide bonds. The van der Waals surface area contributed by atoms with Crippen molar-refractivity contribution in [2.75, 3.05) is 90.7 Å². The number of likely N-dealkylation sites (tertiary alicyclic amines) is 1. The fraction of sp³-hybridized carbons (Fsp3) is 0.624. The summed E-state index contributed by atoms with van der Waals surface area (Å²) in [6, 6.07) is -9.05. The van der Waals surface area contributed by atoms with E-state index in [-0.39, 0.29) is 141 Å². The second kappa shape index (κ2) is 70.7. The van der Waals surface area contributed by atoms with Crippen LogP contribution in [0.4, 0.5) is 0 Å². The molecule has 0 saturated carbocycles. The maximum Gasteiger partial charge on any atom is 0.328 e. The number of aliphatic hydroxyl groups is 4. The van der Waals surface area contributed by atoms with Crippen molar-refractivity contribution in [1.82, 2.24) is 111 Å². The number of thioether (sulfide) groups is 1. The van der Waals surface area contributed by atoms with Crippen LogP contribution in [-0.2, 0) is 114 Å². The lowest BCUT2D eigenvalue weighted by Crippen LogP contribution is -2.61. The average Bonchev–Trinajstić information content (AvgIpc) is 1.62. The summed E-state index contributed by atoms with van der Waals surface area (Å²) in [5, 5.41) is 114. The first-order valence-electron chi connectivity index (χ1n) is 49.4. The van der Waals surface area contributed by atoms with Crippen LogP contribution < -0.4 is 146 Å². The predicted molar refractivity (Wildman–Crippen MR) is 546 cm³/mol. The summed E-state index contributed by atoms with van der Waals surface area (Å²) in [4.78, 5) is 290. The number of rotatable bonds is 73. The zero-order chi connectivity index (χ0) is 112. The molecule has 150 heavy (non-hydrogen) atoms. The monoisotopic (exact) mass is 2140 g/mol. The van der Waals surface area contributed by atoms with Gasteiger partial charge in [-0.15, -0.1) is 0 Å². The summed E-state index contributed by atoms with van der Waals surface area (Å²) < 4.78 is 0. The number of unbranched alkanes of at least 4 members (excludes halogenated alkanes) is 3. The van der Waals surface area contributed by atoms with Gasteiger partial charge in [-0.2, -0.15) is 11.8 Å². The molecule has 56 nitrogen and oxygen atoms in total. The van der Waals surface area contributed by atoms with Gasteiger partial charge in [0.15, 0.2) is 11.9 Å². The van der Waals surface area contributed by atoms with E-state index in [1.54, 1.807) is 80.8 Å². The highest BCUT2D eigenvalue weighted by Crippen LogP contribution is 2.22. The Morgan fingerprint density at radius 3 is 1.13 bits per heavy atom. The molecule has 0 radical (unpaired) electrons. The van der Waals surface area contributed by atoms with Crippen LogP contribution in [0.25, 0.3) is 0 Å². The van der Waals surface area contributed by atoms with Crippen molar-refractivity contribution in [2.45, 2.75) is 272 Å². The molecule has 0 spiro atoms. The van der Waals surface area contributed by atoms with Gasteiger partial charge in [0.2, 0.25) is 118 Å². The van der Waals surface area contributed by atoms with Gasteiger partial charge in [-0.25, -0.2) is 4.79 Å². The van der Waals surface area contributed by atoms with Crippen molar-refractivity contribution in [3.8, 4) is 0 Å². The van der Waals surface area contributed by atoms with Crippen LogP contribution in [0.15, 0.2) is 60.7 Å². The van der Waals surface area contributed by atoms with Gasteiger partial charge in [0.05, 0.1) is 45.6 Å². The van der Waals surface area contributed by atoms with E-state index in [1.165, 1.54) is 30.5 Å². The first-order chi connectivity index (χ1) is 71.2. The highest BCUT2D eigenvalue weighted by molar-refractivity contribution is 7.98. The van der Waals surface area contributed by atoms with E-state index in [2.05, 4.69) is 106 Å². The number of nitrogens with two attached hydrogens (primary N) is 7. The van der Waals surface area contributed by atoms with Gasteiger partial charge in [-0.1, -0.05) is 74.5 Å². The van der Waals surface area contributed by atoms with Crippen LogP contribution in [0.1, 0.15) is 161 Å². The number of nitrogens with one attached hydrogen (secondary N) is 22. The number of primary amides is 1. The van der Waals surface area contributed by atoms with Crippen LogP contribution >= 0.6 is 11.8 Å². The summed E-state index contributed by atoms with van der Waals surface area (Å²) in [7, 11) is 0. The Morgan fingerprint density at radius 2 is 0.733 bits per heavy atom. The average molecular weight is 2140 g/mol. The number of aliphatic carboxylic acids is 1. The lowest BCUT2D eigenvalue weighted by atomic mass is 10.0. The summed E-state index contributed by atoms with van der Waals surface area (Å²) in [6.07, 6.45) is 0.415. The maximum atomic E-state index is 14.6. The molecule has 1 heterocycles. The van der Waals surface area contributed by atoms with Crippen molar-refractivity contribution in [2.24, 2.45) is 46.1 Å². The standard InChI is InChI=1S/C93H154N30O26S/c1-50(2)73(121-71(130)45-105-87(144)68-31-21-40-123(68)90(147)63(30-20-39-104-93(101)102)116-85(142)64(117-77(134)56(97)47-124)42-54-22-9-7-10-23-54)88(145)106-46-72(131)122-74(53(5)127)89(146)107-44-70(129)110-62(34-41-150-6)83(140)113-59(28-15-18-37-96)80(137)112-57(26-13-16-35-94)78(135)109-52(4)76(133)119-66(48-125)86(143)118-65(43-55-24-11-8-12-25-55)84(141)115-61(32-33-69(98)128)82(139)114-60(29-19-38-103-92(99)100)79(136)108-51(3)75(132)111-58(27-14-17-36-95)81(138)120-67(49-126)91(148)149/h7-12,22-25,50-53,56-68,73-74,124-127H,13-21,26-49,94-97H2,1-6H3,(H2,98,128)(H,105,144)(H,106,145)(H,107,146)(H,108,136)(H,109,135)(H,110,129)(H,111,132)(H,112,137)(H,113,140)(H,114,139)(H,115,141)(H,116,142)(H,117,134)(H,118,143)(H,119,133)(H,120,138)(H,121,130)(H,122,131)(H,148,149)(H4,99,100,103)(H4,101,102,104)/t51-,52-,53+,56-,57-,58-,59-,60-,61-,62-,63-,64-,65-,66-,67-,68+,73-,74-/m0/s1. The Hall–Kier alpha value is -14.1. The number of hydrogen-bond acceptors (Lipinski definition) is 32. The molecule has 41 N–H and O–H groups in total. The third-order valence-corrected chi connectivity index (χ3v) is 24.1. The SMILES string of the molecule is CSCC[C@H](NC(=O)CNC(=O)[C@@H](NC(=O)CNC(=O)[C@@H](NC(=O)CNC(=O)[C@H]1CCCN1C(=O)[C@H](CCCNC(=N)N)NC(=O)[C@H](Cc1ccccc1)NC(=O)[C@@H](N)CO)C(C)C)[C@@H](C)O)C(=O)N[C@@H](CCCCN)C(=O)N[C@@H](CCCCN)C(=O)N[C@@H](C)C(=O)N[C@@H](CO)C(=O)N[C@@H](Cc1ccccc1)C(=O)N[C@@H](CCC(N)=O)C(=O)N[C@@H](CCCNC(=N)N)C(=O)N[C@@H](C)C(=O)N[C@@H](CCCCN)C(=O)N[C@@H](CO)C(=O)O. The Morgan fingerprint density at radius 1 is 0.387 bits per heavy atom. The molecule has 0 aromatic heterocycles. The number of carbonyl (C=O) groups excluding carboxylic acids is 20. The highest BCUT2D eigenvalue weighted by atomic mass is 32.2. The van der Waals surface area contributed by atoms with E-state index < -0.39 is 297 Å². The van der Waals surface area contributed by atoms with Crippen molar-refractivity contribution in [3.63, 3.8) is 0 Å². The number of benzene rings is 2. The lowest BCUT2D eigenvalue weighted by molar-refractivity contribution is -0.143. The van der Waals surface area contributed by atoms with Gasteiger partial charge in [0.1, 0.15) is 103 Å². The Kier molecular flexibility index (Phi) is 61.3. The zero-order valence-electron chi connectivity index (χ0n) is 85.3. The number of carboxylic acids is 1. The largest absolute Gasteiger partial charge is 0.480 e.